The average molecular weight is 275 g/mol. The number of para-hydroxylation sites is 1. The van der Waals surface area contributed by atoms with E-state index in [0.717, 1.165) is 17.4 Å². The van der Waals surface area contributed by atoms with Crippen molar-refractivity contribution in [1.82, 2.24) is 4.98 Å². The molecule has 0 bridgehead atoms. The smallest absolute Gasteiger partial charge is 0.190 e. The third-order valence-electron chi connectivity index (χ3n) is 3.06. The number of hydrogen-bond donors (Lipinski definition) is 1. The Morgan fingerprint density at radius 2 is 1.95 bits per heavy atom. The van der Waals surface area contributed by atoms with Crippen LogP contribution in [-0.4, -0.2) is 11.5 Å². The molecule has 0 aliphatic heterocycles. The minimum Gasteiger partial charge on any atom is -0.326 e. The van der Waals surface area contributed by atoms with Gasteiger partial charge in [0.2, 0.25) is 0 Å². The first-order chi connectivity index (χ1) is 9.17. The summed E-state index contributed by atoms with van der Waals surface area (Å²) in [7, 11) is 0. The molecule has 0 saturated carbocycles. The third-order valence-corrected chi connectivity index (χ3v) is 4.18. The van der Waals surface area contributed by atoms with Crippen LogP contribution in [0.25, 0.3) is 0 Å². The van der Waals surface area contributed by atoms with E-state index >= 15 is 0 Å². The second-order valence-corrected chi connectivity index (χ2v) is 5.81. The first-order valence-corrected chi connectivity index (χ1v) is 7.51. The molecule has 2 aromatic rings. The van der Waals surface area contributed by atoms with Crippen molar-refractivity contribution in [1.29, 1.82) is 0 Å². The monoisotopic (exact) mass is 275 g/mol. The Balaban J connectivity index is 2.39. The summed E-state index contributed by atoms with van der Waals surface area (Å²) in [5.41, 5.74) is 8.15. The summed E-state index contributed by atoms with van der Waals surface area (Å²) in [6, 6.07) is 10.4. The minimum atomic E-state index is 0.415. The van der Waals surface area contributed by atoms with Crippen LogP contribution in [0.5, 0.6) is 0 Å². The number of anilines is 2. The number of thiazole rings is 1. The van der Waals surface area contributed by atoms with E-state index in [9.17, 15) is 0 Å². The van der Waals surface area contributed by atoms with Gasteiger partial charge in [-0.2, -0.15) is 0 Å². The van der Waals surface area contributed by atoms with E-state index in [4.69, 9.17) is 10.7 Å². The van der Waals surface area contributed by atoms with Gasteiger partial charge in [-0.1, -0.05) is 43.4 Å². The number of nitrogens with two attached hydrogens (primary N) is 1. The lowest BCUT2D eigenvalue weighted by molar-refractivity contribution is 0.809. The molecule has 0 aliphatic rings. The van der Waals surface area contributed by atoms with E-state index in [0.29, 0.717) is 12.5 Å². The highest BCUT2D eigenvalue weighted by molar-refractivity contribution is 7.15. The predicted molar refractivity (Wildman–Crippen MR) is 83.2 cm³/mol. The summed E-state index contributed by atoms with van der Waals surface area (Å²) < 4.78 is 0. The number of hydrogen-bond acceptors (Lipinski definition) is 4. The highest BCUT2D eigenvalue weighted by Gasteiger charge is 2.17. The summed E-state index contributed by atoms with van der Waals surface area (Å²) in [6.45, 7) is 7.94. The number of rotatable bonds is 5. The summed E-state index contributed by atoms with van der Waals surface area (Å²) >= 11 is 1.71. The predicted octanol–water partition coefficient (Wildman–Crippen LogP) is 3.88. The topological polar surface area (TPSA) is 42.2 Å². The van der Waals surface area contributed by atoms with Gasteiger partial charge in [-0.15, -0.1) is 0 Å². The van der Waals surface area contributed by atoms with Crippen LogP contribution in [0.3, 0.4) is 0 Å². The van der Waals surface area contributed by atoms with Crippen molar-refractivity contribution in [3.63, 3.8) is 0 Å². The van der Waals surface area contributed by atoms with Crippen LogP contribution in [0.15, 0.2) is 30.3 Å². The Kier molecular flexibility index (Phi) is 4.56. The molecule has 4 heteroatoms. The van der Waals surface area contributed by atoms with Gasteiger partial charge >= 0.3 is 0 Å². The molecular formula is C15H21N3S. The van der Waals surface area contributed by atoms with Gasteiger partial charge in [0.15, 0.2) is 5.13 Å². The molecule has 102 valence electrons. The van der Waals surface area contributed by atoms with Gasteiger partial charge in [-0.05, 0) is 25.0 Å². The summed E-state index contributed by atoms with van der Waals surface area (Å²) in [5, 5.41) is 1.04. The van der Waals surface area contributed by atoms with E-state index in [2.05, 4.69) is 49.9 Å². The molecule has 19 heavy (non-hydrogen) atoms. The SMILES string of the molecule is CCN(c1ccccc1)c1nc(C(C)C)c(CN)s1. The molecule has 0 unspecified atom stereocenters. The largest absolute Gasteiger partial charge is 0.326 e. The number of aromatic nitrogens is 1. The zero-order valence-corrected chi connectivity index (χ0v) is 12.6. The third kappa shape index (κ3) is 2.96. The maximum Gasteiger partial charge on any atom is 0.190 e. The van der Waals surface area contributed by atoms with E-state index in [1.54, 1.807) is 11.3 Å². The molecule has 0 amide bonds. The van der Waals surface area contributed by atoms with Crippen LogP contribution in [0.1, 0.15) is 37.3 Å². The fourth-order valence-corrected chi connectivity index (χ4v) is 3.28. The van der Waals surface area contributed by atoms with Gasteiger partial charge in [-0.25, -0.2) is 4.98 Å². The van der Waals surface area contributed by atoms with E-state index in [-0.39, 0.29) is 0 Å². The standard InChI is InChI=1S/C15H21N3S/c1-4-18(12-8-6-5-7-9-12)15-17-14(11(2)3)13(10-16)19-15/h5-9,11H,4,10,16H2,1-3H3. The minimum absolute atomic E-state index is 0.415. The Bertz CT molecular complexity index is 519. The summed E-state index contributed by atoms with van der Waals surface area (Å²) in [6.07, 6.45) is 0. The van der Waals surface area contributed by atoms with Crippen LogP contribution >= 0.6 is 11.3 Å². The first-order valence-electron chi connectivity index (χ1n) is 6.69. The highest BCUT2D eigenvalue weighted by atomic mass is 32.1. The second-order valence-electron chi connectivity index (χ2n) is 4.74. The lowest BCUT2D eigenvalue weighted by atomic mass is 10.1. The molecule has 3 nitrogen and oxygen atoms in total. The molecular weight excluding hydrogens is 254 g/mol. The van der Waals surface area contributed by atoms with Crippen LogP contribution in [0.2, 0.25) is 0 Å². The first kappa shape index (κ1) is 14.0. The van der Waals surface area contributed by atoms with Crippen molar-refractivity contribution in [3.8, 4) is 0 Å². The van der Waals surface area contributed by atoms with Crippen LogP contribution in [0, 0.1) is 0 Å². The van der Waals surface area contributed by atoms with Gasteiger partial charge in [0.1, 0.15) is 0 Å². The fourth-order valence-electron chi connectivity index (χ4n) is 2.10. The molecule has 0 aliphatic carbocycles. The van der Waals surface area contributed by atoms with Crippen LogP contribution < -0.4 is 10.6 Å². The van der Waals surface area contributed by atoms with Crippen molar-refractivity contribution in [3.05, 3.63) is 40.9 Å². The molecule has 2 N–H and O–H groups in total. The molecule has 0 atom stereocenters. The zero-order chi connectivity index (χ0) is 13.8. The van der Waals surface area contributed by atoms with Gasteiger partial charge in [0.25, 0.3) is 0 Å². The Morgan fingerprint density at radius 1 is 1.26 bits per heavy atom. The van der Waals surface area contributed by atoms with E-state index < -0.39 is 0 Å². The van der Waals surface area contributed by atoms with Crippen LogP contribution in [0.4, 0.5) is 10.8 Å². The normalized spacial score (nSPS) is 11.0. The molecule has 1 heterocycles. The van der Waals surface area contributed by atoms with Gasteiger partial charge < -0.3 is 10.6 Å². The molecule has 1 aromatic carbocycles. The van der Waals surface area contributed by atoms with Gasteiger partial charge in [0, 0.05) is 23.7 Å². The Morgan fingerprint density at radius 3 is 2.42 bits per heavy atom. The second kappa shape index (κ2) is 6.17. The number of benzene rings is 1. The molecule has 0 radical (unpaired) electrons. The summed E-state index contributed by atoms with van der Waals surface area (Å²) in [4.78, 5) is 8.22. The fraction of sp³-hybridized carbons (Fsp3) is 0.400. The Labute approximate surface area is 119 Å². The van der Waals surface area contributed by atoms with Crippen molar-refractivity contribution >= 4 is 22.2 Å². The average Bonchev–Trinajstić information content (AvgIpc) is 2.85. The lowest BCUT2D eigenvalue weighted by Crippen LogP contribution is -2.15. The van der Waals surface area contributed by atoms with Gasteiger partial charge in [0.05, 0.1) is 5.69 Å². The van der Waals surface area contributed by atoms with Crippen molar-refractivity contribution < 1.29 is 0 Å². The molecule has 0 fully saturated rings. The highest BCUT2D eigenvalue weighted by Crippen LogP contribution is 2.34. The van der Waals surface area contributed by atoms with Crippen molar-refractivity contribution in [2.24, 2.45) is 5.73 Å². The maximum absolute atomic E-state index is 5.83. The lowest BCUT2D eigenvalue weighted by Gasteiger charge is -2.19. The van der Waals surface area contributed by atoms with Crippen molar-refractivity contribution in [2.75, 3.05) is 11.4 Å². The summed E-state index contributed by atoms with van der Waals surface area (Å²) in [5.74, 6) is 0.415. The molecule has 1 aromatic heterocycles. The maximum atomic E-state index is 5.83. The van der Waals surface area contributed by atoms with E-state index in [1.165, 1.54) is 10.6 Å². The van der Waals surface area contributed by atoms with Gasteiger partial charge in [-0.3, -0.25) is 0 Å². The number of nitrogens with zero attached hydrogens (tertiary/aromatic N) is 2. The quantitative estimate of drug-likeness (QED) is 0.900. The zero-order valence-electron chi connectivity index (χ0n) is 11.8. The van der Waals surface area contributed by atoms with E-state index in [1.807, 2.05) is 6.07 Å². The molecule has 0 spiro atoms. The van der Waals surface area contributed by atoms with Crippen molar-refractivity contribution in [2.45, 2.75) is 33.2 Å². The Hall–Kier alpha value is -1.39. The molecule has 0 saturated heterocycles. The molecule has 2 rings (SSSR count). The van der Waals surface area contributed by atoms with Crippen LogP contribution in [-0.2, 0) is 6.54 Å².